The van der Waals surface area contributed by atoms with E-state index in [-0.39, 0.29) is 29.3 Å². The summed E-state index contributed by atoms with van der Waals surface area (Å²) < 4.78 is 32.9. The normalized spacial score (nSPS) is 12.1. The van der Waals surface area contributed by atoms with E-state index >= 15 is 0 Å². The Balaban J connectivity index is 1.55. The monoisotopic (exact) mass is 440 g/mol. The van der Waals surface area contributed by atoms with Gasteiger partial charge in [-0.1, -0.05) is 36.4 Å². The molecule has 1 unspecified atom stereocenters. The average Bonchev–Trinajstić information content (AvgIpc) is 2.76. The van der Waals surface area contributed by atoms with Crippen LogP contribution >= 0.6 is 0 Å². The van der Waals surface area contributed by atoms with Gasteiger partial charge in [0.2, 0.25) is 0 Å². The molecule has 3 aromatic carbocycles. The number of aliphatic hydroxyl groups is 1. The van der Waals surface area contributed by atoms with Crippen molar-refractivity contribution in [2.45, 2.75) is 17.9 Å². The van der Waals surface area contributed by atoms with Gasteiger partial charge in [0.25, 0.3) is 15.9 Å². The number of anilines is 1. The summed E-state index contributed by atoms with van der Waals surface area (Å²) in [5, 5.41) is 12.7. The van der Waals surface area contributed by atoms with Crippen LogP contribution in [0.2, 0.25) is 0 Å². The number of sulfonamides is 1. The molecule has 0 heterocycles. The largest absolute Gasteiger partial charge is 0.491 e. The van der Waals surface area contributed by atoms with E-state index in [4.69, 9.17) is 4.74 Å². The van der Waals surface area contributed by atoms with Gasteiger partial charge in [-0.25, -0.2) is 8.42 Å². The van der Waals surface area contributed by atoms with Crippen molar-refractivity contribution >= 4 is 21.6 Å². The van der Waals surface area contributed by atoms with Crippen LogP contribution in [0.15, 0.2) is 83.8 Å². The number of rotatable bonds is 9. The molecule has 0 spiro atoms. The van der Waals surface area contributed by atoms with Crippen LogP contribution in [0.5, 0.6) is 5.75 Å². The number of aliphatic hydroxyl groups excluding tert-OH is 1. The highest BCUT2D eigenvalue weighted by molar-refractivity contribution is 7.92. The lowest BCUT2D eigenvalue weighted by Gasteiger charge is -2.14. The van der Waals surface area contributed by atoms with Crippen LogP contribution in [0.1, 0.15) is 15.9 Å². The van der Waals surface area contributed by atoms with Crippen LogP contribution in [0, 0.1) is 6.92 Å². The van der Waals surface area contributed by atoms with Gasteiger partial charge in [0.05, 0.1) is 4.90 Å². The van der Waals surface area contributed by atoms with Crippen molar-refractivity contribution in [3.05, 3.63) is 90.0 Å². The standard InChI is InChI=1S/C23H24N2O5S/c1-17-7-5-10-21(13-17)30-16-20(26)15-24-23(27)18-8-6-9-19(14-18)25-31(28,29)22-11-3-2-4-12-22/h2-14,20,25-26H,15-16H2,1H3,(H,24,27). The van der Waals surface area contributed by atoms with E-state index in [0.29, 0.717) is 5.75 Å². The molecule has 0 aliphatic heterocycles. The Morgan fingerprint density at radius 3 is 2.48 bits per heavy atom. The summed E-state index contributed by atoms with van der Waals surface area (Å²) in [6.45, 7) is 1.96. The molecular weight excluding hydrogens is 416 g/mol. The van der Waals surface area contributed by atoms with Gasteiger partial charge in [-0.2, -0.15) is 0 Å². The highest BCUT2D eigenvalue weighted by Crippen LogP contribution is 2.17. The Morgan fingerprint density at radius 2 is 1.74 bits per heavy atom. The van der Waals surface area contributed by atoms with E-state index in [9.17, 15) is 18.3 Å². The van der Waals surface area contributed by atoms with Crippen molar-refractivity contribution in [2.75, 3.05) is 17.9 Å². The van der Waals surface area contributed by atoms with Gasteiger partial charge in [0.15, 0.2) is 0 Å². The molecule has 1 atom stereocenters. The zero-order chi connectivity index (χ0) is 22.3. The van der Waals surface area contributed by atoms with Gasteiger partial charge in [-0.3, -0.25) is 9.52 Å². The lowest BCUT2D eigenvalue weighted by molar-refractivity contribution is 0.0843. The maximum Gasteiger partial charge on any atom is 0.261 e. The molecule has 8 heteroatoms. The predicted molar refractivity (Wildman–Crippen MR) is 119 cm³/mol. The van der Waals surface area contributed by atoms with Crippen LogP contribution in [0.25, 0.3) is 0 Å². The Kier molecular flexibility index (Phi) is 7.28. The highest BCUT2D eigenvalue weighted by Gasteiger charge is 2.15. The third-order valence-electron chi connectivity index (χ3n) is 4.36. The fourth-order valence-corrected chi connectivity index (χ4v) is 3.88. The van der Waals surface area contributed by atoms with Gasteiger partial charge < -0.3 is 15.2 Å². The smallest absolute Gasteiger partial charge is 0.261 e. The molecule has 0 bridgehead atoms. The predicted octanol–water partition coefficient (Wildman–Crippen LogP) is 2.97. The maximum absolute atomic E-state index is 12.4. The molecule has 1 amide bonds. The van der Waals surface area contributed by atoms with E-state index in [0.717, 1.165) is 5.56 Å². The SMILES string of the molecule is Cc1cccc(OCC(O)CNC(=O)c2cccc(NS(=O)(=O)c3ccccc3)c2)c1. The quantitative estimate of drug-likeness (QED) is 0.475. The first kappa shape index (κ1) is 22.3. The molecule has 0 aliphatic carbocycles. The highest BCUT2D eigenvalue weighted by atomic mass is 32.2. The molecule has 162 valence electrons. The summed E-state index contributed by atoms with van der Waals surface area (Å²) in [5.41, 5.74) is 1.57. The number of hydrogen-bond acceptors (Lipinski definition) is 5. The van der Waals surface area contributed by atoms with Crippen LogP contribution in [0.3, 0.4) is 0 Å². The summed E-state index contributed by atoms with van der Waals surface area (Å²) in [6.07, 6.45) is -0.899. The molecular formula is C23H24N2O5S. The first-order valence-corrected chi connectivity index (χ1v) is 11.2. The van der Waals surface area contributed by atoms with Crippen LogP contribution < -0.4 is 14.8 Å². The molecule has 7 nitrogen and oxygen atoms in total. The summed E-state index contributed by atoms with van der Waals surface area (Å²) in [7, 11) is -3.76. The minimum Gasteiger partial charge on any atom is -0.491 e. The number of nitrogens with one attached hydrogen (secondary N) is 2. The Morgan fingerprint density at radius 1 is 1.00 bits per heavy atom. The zero-order valence-electron chi connectivity index (χ0n) is 17.0. The lowest BCUT2D eigenvalue weighted by atomic mass is 10.2. The number of benzene rings is 3. The van der Waals surface area contributed by atoms with E-state index in [1.165, 1.54) is 18.2 Å². The van der Waals surface area contributed by atoms with E-state index in [2.05, 4.69) is 10.0 Å². The molecule has 3 N–H and O–H groups in total. The molecule has 0 aliphatic rings. The molecule has 0 radical (unpaired) electrons. The van der Waals surface area contributed by atoms with Crippen molar-refractivity contribution in [1.82, 2.24) is 5.32 Å². The minimum absolute atomic E-state index is 0.00931. The number of carbonyl (C=O) groups is 1. The van der Waals surface area contributed by atoms with Crippen LogP contribution in [0.4, 0.5) is 5.69 Å². The number of carbonyl (C=O) groups excluding carboxylic acids is 1. The molecule has 3 aromatic rings. The van der Waals surface area contributed by atoms with Crippen LogP contribution in [-0.4, -0.2) is 38.7 Å². The molecule has 0 saturated heterocycles. The second-order valence-corrected chi connectivity index (χ2v) is 8.67. The maximum atomic E-state index is 12.4. The van der Waals surface area contributed by atoms with Crippen molar-refractivity contribution in [3.8, 4) is 5.75 Å². The molecule has 3 rings (SSSR count). The Labute approximate surface area is 181 Å². The first-order valence-electron chi connectivity index (χ1n) is 9.67. The molecule has 0 fully saturated rings. The number of aryl methyl sites for hydroxylation is 1. The second-order valence-electron chi connectivity index (χ2n) is 6.99. The molecule has 0 aromatic heterocycles. The molecule has 31 heavy (non-hydrogen) atoms. The topological polar surface area (TPSA) is 105 Å². The third kappa shape index (κ3) is 6.56. The van der Waals surface area contributed by atoms with Gasteiger partial charge >= 0.3 is 0 Å². The van der Waals surface area contributed by atoms with Gasteiger partial charge in [-0.15, -0.1) is 0 Å². The number of amides is 1. The van der Waals surface area contributed by atoms with Crippen molar-refractivity contribution in [2.24, 2.45) is 0 Å². The summed E-state index contributed by atoms with van der Waals surface area (Å²) >= 11 is 0. The van der Waals surface area contributed by atoms with Crippen LogP contribution in [-0.2, 0) is 10.0 Å². The van der Waals surface area contributed by atoms with Crippen molar-refractivity contribution in [3.63, 3.8) is 0 Å². The van der Waals surface area contributed by atoms with E-state index < -0.39 is 22.0 Å². The van der Waals surface area contributed by atoms with E-state index in [1.807, 2.05) is 25.1 Å². The van der Waals surface area contributed by atoms with Gasteiger partial charge in [0.1, 0.15) is 18.5 Å². The third-order valence-corrected chi connectivity index (χ3v) is 5.76. The number of ether oxygens (including phenoxy) is 1. The average molecular weight is 441 g/mol. The van der Waals surface area contributed by atoms with E-state index in [1.54, 1.807) is 42.5 Å². The first-order chi connectivity index (χ1) is 14.8. The Hall–Kier alpha value is -3.36. The minimum atomic E-state index is -3.76. The fourth-order valence-electron chi connectivity index (χ4n) is 2.81. The number of hydrogen-bond donors (Lipinski definition) is 3. The van der Waals surface area contributed by atoms with Crippen molar-refractivity contribution < 1.29 is 23.1 Å². The molecule has 0 saturated carbocycles. The van der Waals surface area contributed by atoms with Crippen molar-refractivity contribution in [1.29, 1.82) is 0 Å². The summed E-state index contributed by atoms with van der Waals surface area (Å²) in [5.74, 6) is 0.208. The fraction of sp³-hybridized carbons (Fsp3) is 0.174. The zero-order valence-corrected chi connectivity index (χ0v) is 17.8. The summed E-state index contributed by atoms with van der Waals surface area (Å²) in [4.78, 5) is 12.5. The van der Waals surface area contributed by atoms with Gasteiger partial charge in [0, 0.05) is 17.8 Å². The Bertz CT molecular complexity index is 1130. The van der Waals surface area contributed by atoms with Gasteiger partial charge in [-0.05, 0) is 55.0 Å². The lowest BCUT2D eigenvalue weighted by Crippen LogP contribution is -2.35. The summed E-state index contributed by atoms with van der Waals surface area (Å²) in [6, 6.07) is 21.5. The second kappa shape index (κ2) is 10.1.